The summed E-state index contributed by atoms with van der Waals surface area (Å²) in [5.41, 5.74) is 4.38. The number of hydrogen-bond donors (Lipinski definition) is 1. The lowest BCUT2D eigenvalue weighted by Crippen LogP contribution is -2.19. The highest BCUT2D eigenvalue weighted by molar-refractivity contribution is 5.90. The summed E-state index contributed by atoms with van der Waals surface area (Å²) in [6.45, 7) is 0.234. The van der Waals surface area contributed by atoms with Crippen LogP contribution in [0.4, 0.5) is 0 Å². The van der Waals surface area contributed by atoms with E-state index < -0.39 is 0 Å². The van der Waals surface area contributed by atoms with E-state index in [2.05, 4.69) is 10.5 Å². The number of amides is 1. The van der Waals surface area contributed by atoms with E-state index in [0.29, 0.717) is 5.75 Å². The average molecular weight is 332 g/mol. The minimum Gasteiger partial charge on any atom is -0.454 e. The van der Waals surface area contributed by atoms with E-state index >= 15 is 0 Å². The van der Waals surface area contributed by atoms with Crippen molar-refractivity contribution in [1.82, 2.24) is 5.43 Å². The van der Waals surface area contributed by atoms with Gasteiger partial charge in [-0.05, 0) is 40.1 Å². The Morgan fingerprint density at radius 1 is 1.04 bits per heavy atom. The van der Waals surface area contributed by atoms with Crippen molar-refractivity contribution in [3.8, 4) is 11.5 Å². The zero-order valence-electron chi connectivity index (χ0n) is 13.4. The van der Waals surface area contributed by atoms with Crippen LogP contribution in [0.2, 0.25) is 0 Å². The van der Waals surface area contributed by atoms with Gasteiger partial charge in [0, 0.05) is 0 Å². The SMILES string of the molecule is O=C(Cc1cccc2ccccc12)N/N=C/c1ccc2c(c1)OCO2. The molecular formula is C20H16N2O3. The monoisotopic (exact) mass is 332 g/mol. The Morgan fingerprint density at radius 3 is 2.84 bits per heavy atom. The van der Waals surface area contributed by atoms with Crippen LogP contribution >= 0.6 is 0 Å². The Kier molecular flexibility index (Phi) is 4.04. The molecule has 0 radical (unpaired) electrons. The average Bonchev–Trinajstić information content (AvgIpc) is 3.10. The number of fused-ring (bicyclic) bond motifs is 2. The molecule has 1 heterocycles. The van der Waals surface area contributed by atoms with Gasteiger partial charge in [0.1, 0.15) is 0 Å². The summed E-state index contributed by atoms with van der Waals surface area (Å²) < 4.78 is 10.6. The highest BCUT2D eigenvalue weighted by Crippen LogP contribution is 2.31. The minimum atomic E-state index is -0.159. The number of benzene rings is 3. The quantitative estimate of drug-likeness (QED) is 0.589. The maximum Gasteiger partial charge on any atom is 0.244 e. The van der Waals surface area contributed by atoms with Gasteiger partial charge >= 0.3 is 0 Å². The smallest absolute Gasteiger partial charge is 0.244 e. The van der Waals surface area contributed by atoms with E-state index in [1.807, 2.05) is 60.7 Å². The molecular weight excluding hydrogens is 316 g/mol. The molecule has 1 N–H and O–H groups in total. The molecule has 0 aromatic heterocycles. The molecule has 0 saturated heterocycles. The van der Waals surface area contributed by atoms with Gasteiger partial charge in [0.05, 0.1) is 12.6 Å². The molecule has 4 rings (SSSR count). The summed E-state index contributed by atoms with van der Waals surface area (Å²) in [6.07, 6.45) is 1.86. The van der Waals surface area contributed by atoms with Crippen LogP contribution in [0, 0.1) is 0 Å². The van der Waals surface area contributed by atoms with Crippen LogP contribution in [0.5, 0.6) is 11.5 Å². The number of carbonyl (C=O) groups excluding carboxylic acids is 1. The van der Waals surface area contributed by atoms with Gasteiger partial charge in [-0.1, -0.05) is 42.5 Å². The Hall–Kier alpha value is -3.34. The first-order chi connectivity index (χ1) is 12.3. The summed E-state index contributed by atoms with van der Waals surface area (Å²) in [5.74, 6) is 1.25. The number of carbonyl (C=O) groups is 1. The second-order valence-corrected chi connectivity index (χ2v) is 5.72. The lowest BCUT2D eigenvalue weighted by Gasteiger charge is -2.05. The third kappa shape index (κ3) is 3.30. The second kappa shape index (κ2) is 6.65. The summed E-state index contributed by atoms with van der Waals surface area (Å²) in [6, 6.07) is 19.5. The second-order valence-electron chi connectivity index (χ2n) is 5.72. The Morgan fingerprint density at radius 2 is 1.88 bits per heavy atom. The summed E-state index contributed by atoms with van der Waals surface area (Å²) in [7, 11) is 0. The van der Waals surface area contributed by atoms with Gasteiger partial charge in [-0.2, -0.15) is 5.10 Å². The predicted octanol–water partition coefficient (Wildman–Crippen LogP) is 3.26. The first kappa shape index (κ1) is 15.2. The van der Waals surface area contributed by atoms with Crippen LogP contribution in [0.1, 0.15) is 11.1 Å². The molecule has 1 amide bonds. The van der Waals surface area contributed by atoms with E-state index in [9.17, 15) is 4.79 Å². The van der Waals surface area contributed by atoms with E-state index in [1.165, 1.54) is 0 Å². The molecule has 5 heteroatoms. The number of hydrazone groups is 1. The third-order valence-corrected chi connectivity index (χ3v) is 4.03. The van der Waals surface area contributed by atoms with Crippen molar-refractivity contribution in [3.63, 3.8) is 0 Å². The highest BCUT2D eigenvalue weighted by Gasteiger charge is 2.12. The van der Waals surface area contributed by atoms with Crippen LogP contribution in [-0.4, -0.2) is 18.9 Å². The highest BCUT2D eigenvalue weighted by atomic mass is 16.7. The Bertz CT molecular complexity index is 961. The van der Waals surface area contributed by atoms with Crippen molar-refractivity contribution in [1.29, 1.82) is 0 Å². The molecule has 0 unspecified atom stereocenters. The first-order valence-electron chi connectivity index (χ1n) is 7.98. The molecule has 5 nitrogen and oxygen atoms in total. The summed E-state index contributed by atoms with van der Waals surface area (Å²) in [4.78, 5) is 12.2. The minimum absolute atomic E-state index is 0.159. The van der Waals surface area contributed by atoms with Gasteiger partial charge in [0.2, 0.25) is 12.7 Å². The molecule has 25 heavy (non-hydrogen) atoms. The Balaban J connectivity index is 1.42. The first-order valence-corrected chi connectivity index (χ1v) is 7.98. The topological polar surface area (TPSA) is 59.9 Å². The number of hydrogen-bond acceptors (Lipinski definition) is 4. The lowest BCUT2D eigenvalue weighted by molar-refractivity contribution is -0.120. The van der Waals surface area contributed by atoms with Crippen molar-refractivity contribution in [2.24, 2.45) is 5.10 Å². The molecule has 0 bridgehead atoms. The molecule has 3 aromatic carbocycles. The summed E-state index contributed by atoms with van der Waals surface area (Å²) >= 11 is 0. The van der Waals surface area contributed by atoms with Gasteiger partial charge in [0.25, 0.3) is 0 Å². The normalized spacial score (nSPS) is 12.6. The zero-order valence-corrected chi connectivity index (χ0v) is 13.4. The summed E-state index contributed by atoms with van der Waals surface area (Å²) in [5, 5.41) is 6.23. The van der Waals surface area contributed by atoms with Crippen molar-refractivity contribution < 1.29 is 14.3 Å². The van der Waals surface area contributed by atoms with E-state index in [-0.39, 0.29) is 19.1 Å². The fourth-order valence-corrected chi connectivity index (χ4v) is 2.83. The van der Waals surface area contributed by atoms with Gasteiger partial charge in [-0.15, -0.1) is 0 Å². The van der Waals surface area contributed by atoms with Crippen molar-refractivity contribution in [2.45, 2.75) is 6.42 Å². The van der Waals surface area contributed by atoms with E-state index in [1.54, 1.807) is 6.21 Å². The maximum absolute atomic E-state index is 12.2. The van der Waals surface area contributed by atoms with Crippen molar-refractivity contribution >= 4 is 22.9 Å². The fraction of sp³-hybridized carbons (Fsp3) is 0.100. The van der Waals surface area contributed by atoms with Gasteiger partial charge in [-0.25, -0.2) is 5.43 Å². The van der Waals surface area contributed by atoms with Crippen LogP contribution in [-0.2, 0) is 11.2 Å². The van der Waals surface area contributed by atoms with E-state index in [4.69, 9.17) is 9.47 Å². The molecule has 0 aliphatic carbocycles. The largest absolute Gasteiger partial charge is 0.454 e. The maximum atomic E-state index is 12.2. The standard InChI is InChI=1S/C20H16N2O3/c23-20(11-16-6-3-5-15-4-1-2-7-17(15)16)22-21-12-14-8-9-18-19(10-14)25-13-24-18/h1-10,12H,11,13H2,(H,22,23)/b21-12+. The number of ether oxygens (including phenoxy) is 2. The number of nitrogens with one attached hydrogen (secondary N) is 1. The molecule has 0 fully saturated rings. The molecule has 3 aromatic rings. The predicted molar refractivity (Wildman–Crippen MR) is 96.0 cm³/mol. The third-order valence-electron chi connectivity index (χ3n) is 4.03. The van der Waals surface area contributed by atoms with Crippen LogP contribution < -0.4 is 14.9 Å². The Labute approximate surface area is 144 Å². The molecule has 0 atom stereocenters. The van der Waals surface area contributed by atoms with Crippen molar-refractivity contribution in [3.05, 3.63) is 71.8 Å². The van der Waals surface area contributed by atoms with Crippen LogP contribution in [0.15, 0.2) is 65.8 Å². The molecule has 124 valence electrons. The van der Waals surface area contributed by atoms with Gasteiger partial charge in [0.15, 0.2) is 11.5 Å². The molecule has 0 saturated carbocycles. The number of rotatable bonds is 4. The molecule has 1 aliphatic heterocycles. The lowest BCUT2D eigenvalue weighted by atomic mass is 10.0. The van der Waals surface area contributed by atoms with Gasteiger partial charge < -0.3 is 9.47 Å². The molecule has 1 aliphatic rings. The number of nitrogens with zero attached hydrogens (tertiary/aromatic N) is 1. The van der Waals surface area contributed by atoms with Gasteiger partial charge in [-0.3, -0.25) is 4.79 Å². The van der Waals surface area contributed by atoms with Crippen LogP contribution in [0.25, 0.3) is 10.8 Å². The fourth-order valence-electron chi connectivity index (χ4n) is 2.83. The van der Waals surface area contributed by atoms with Crippen LogP contribution in [0.3, 0.4) is 0 Å². The van der Waals surface area contributed by atoms with Crippen molar-refractivity contribution in [2.75, 3.05) is 6.79 Å². The molecule has 0 spiro atoms. The van der Waals surface area contributed by atoms with E-state index in [0.717, 1.165) is 27.6 Å². The zero-order chi connectivity index (χ0) is 17.1.